The van der Waals surface area contributed by atoms with Gasteiger partial charge in [-0.3, -0.25) is 14.7 Å². The molecule has 4 rings (SSSR count). The number of piperazine rings is 1. The Morgan fingerprint density at radius 1 is 1.22 bits per heavy atom. The lowest BCUT2D eigenvalue weighted by molar-refractivity contribution is -0.127. The first-order valence-corrected chi connectivity index (χ1v) is 12.6. The molecule has 14 nitrogen and oxygen atoms in total. The Hall–Kier alpha value is -5.37. The van der Waals surface area contributed by atoms with Gasteiger partial charge in [-0.1, -0.05) is 24.8 Å². The molecule has 0 spiro atoms. The number of rotatable bonds is 8. The van der Waals surface area contributed by atoms with Gasteiger partial charge in [0, 0.05) is 39.1 Å². The van der Waals surface area contributed by atoms with Crippen molar-refractivity contribution in [2.24, 2.45) is 21.8 Å². The lowest BCUT2D eigenvalue weighted by atomic mass is 10.1. The predicted molar refractivity (Wildman–Crippen MR) is 154 cm³/mol. The summed E-state index contributed by atoms with van der Waals surface area (Å²) in [6.07, 6.45) is 2.83. The van der Waals surface area contributed by atoms with E-state index in [1.165, 1.54) is 29.3 Å². The molecule has 0 bridgehead atoms. The highest BCUT2D eigenvalue weighted by atomic mass is 16.5. The molecule has 0 saturated carbocycles. The van der Waals surface area contributed by atoms with Crippen LogP contribution < -0.4 is 27.2 Å². The molecule has 0 atom stereocenters. The Labute approximate surface area is 235 Å². The van der Waals surface area contributed by atoms with E-state index in [0.717, 1.165) is 5.69 Å². The maximum atomic E-state index is 13.5. The number of benzene rings is 1. The molecule has 0 unspecified atom stereocenters. The minimum Gasteiger partial charge on any atom is -0.496 e. The lowest BCUT2D eigenvalue weighted by Crippen LogP contribution is -2.55. The molecule has 1 aromatic carbocycles. The second-order valence-electron chi connectivity index (χ2n) is 8.90. The fourth-order valence-electron chi connectivity index (χ4n) is 4.54. The Morgan fingerprint density at radius 3 is 2.46 bits per heavy atom. The summed E-state index contributed by atoms with van der Waals surface area (Å²) in [5.41, 5.74) is 8.14. The monoisotopic (exact) mass is 560 g/mol. The number of nitrogens with two attached hydrogens (primary N) is 2. The number of Topliss-reactive ketones (excluding diaryl/α,β-unsaturated/α-hetero) is 1. The molecule has 1 aliphatic heterocycles. The highest BCUT2D eigenvalue weighted by Crippen LogP contribution is 2.17. The van der Waals surface area contributed by atoms with Gasteiger partial charge in [0.2, 0.25) is 5.96 Å². The quantitative estimate of drug-likeness (QED) is 0.0571. The molecule has 1 saturated heterocycles. The summed E-state index contributed by atoms with van der Waals surface area (Å²) >= 11 is 0. The van der Waals surface area contributed by atoms with E-state index in [0.29, 0.717) is 35.8 Å². The molecular formula is C27H32N10O4. The van der Waals surface area contributed by atoms with Crippen molar-refractivity contribution in [3.63, 3.8) is 0 Å². The SMILES string of the molecule is C=C/C(OC)=c1/c(C(=O)C(=O)N2CCN(/C(=N/N)N(N=C)c3ccccc3)CC2)c[nH]/c1=C(/N)c1cc(CO)[nH]n1. The first-order valence-electron chi connectivity index (χ1n) is 12.6. The molecule has 214 valence electrons. The van der Waals surface area contributed by atoms with Gasteiger partial charge in [-0.2, -0.15) is 15.2 Å². The van der Waals surface area contributed by atoms with Crippen LogP contribution in [0.4, 0.5) is 5.69 Å². The molecule has 41 heavy (non-hydrogen) atoms. The van der Waals surface area contributed by atoms with E-state index in [4.69, 9.17) is 16.3 Å². The van der Waals surface area contributed by atoms with Crippen molar-refractivity contribution in [3.8, 4) is 0 Å². The van der Waals surface area contributed by atoms with Gasteiger partial charge in [0.15, 0.2) is 0 Å². The van der Waals surface area contributed by atoms with Gasteiger partial charge < -0.3 is 36.2 Å². The number of nitrogens with one attached hydrogen (secondary N) is 2. The highest BCUT2D eigenvalue weighted by Gasteiger charge is 2.31. The summed E-state index contributed by atoms with van der Waals surface area (Å²) in [6.45, 7) is 8.33. The number of H-pyrrole nitrogens is 2. The van der Waals surface area contributed by atoms with E-state index in [2.05, 4.69) is 38.7 Å². The summed E-state index contributed by atoms with van der Waals surface area (Å²) < 4.78 is 5.45. The molecule has 7 N–H and O–H groups in total. The van der Waals surface area contributed by atoms with Gasteiger partial charge in [0.25, 0.3) is 11.7 Å². The second kappa shape index (κ2) is 12.7. The van der Waals surface area contributed by atoms with Crippen LogP contribution in [0.5, 0.6) is 0 Å². The first-order chi connectivity index (χ1) is 19.9. The third-order valence-electron chi connectivity index (χ3n) is 6.61. The van der Waals surface area contributed by atoms with Crippen LogP contribution in [0.25, 0.3) is 11.5 Å². The molecule has 1 fully saturated rings. The van der Waals surface area contributed by atoms with Crippen molar-refractivity contribution < 1.29 is 19.4 Å². The summed E-state index contributed by atoms with van der Waals surface area (Å²) in [4.78, 5) is 33.2. The van der Waals surface area contributed by atoms with E-state index >= 15 is 0 Å². The molecule has 3 aromatic rings. The number of aromatic amines is 2. The number of carbonyl (C=O) groups is 2. The maximum Gasteiger partial charge on any atom is 0.295 e. The third-order valence-corrected chi connectivity index (χ3v) is 6.61. The number of aliphatic hydroxyl groups is 1. The molecule has 2 aromatic heterocycles. The molecular weight excluding hydrogens is 528 g/mol. The molecule has 3 heterocycles. The number of amides is 1. The van der Waals surface area contributed by atoms with Gasteiger partial charge in [-0.05, 0) is 24.3 Å². The third kappa shape index (κ3) is 5.67. The average Bonchev–Trinajstić information content (AvgIpc) is 3.68. The number of guanidine groups is 1. The van der Waals surface area contributed by atoms with Crippen molar-refractivity contribution in [2.45, 2.75) is 6.61 Å². The number of ketones is 1. The molecule has 1 amide bonds. The zero-order valence-electron chi connectivity index (χ0n) is 22.6. The number of hydrogen-bond acceptors (Lipinski definition) is 9. The van der Waals surface area contributed by atoms with Crippen LogP contribution in [-0.2, 0) is 16.1 Å². The van der Waals surface area contributed by atoms with Crippen LogP contribution in [0.3, 0.4) is 0 Å². The van der Waals surface area contributed by atoms with Crippen LogP contribution in [-0.4, -0.2) is 87.7 Å². The number of ether oxygens (including phenoxy) is 1. The van der Waals surface area contributed by atoms with Crippen molar-refractivity contribution in [1.82, 2.24) is 25.0 Å². The number of hydrazone groups is 2. The van der Waals surface area contributed by atoms with E-state index in [1.807, 2.05) is 35.2 Å². The molecule has 1 aliphatic rings. The van der Waals surface area contributed by atoms with Crippen LogP contribution in [0.1, 0.15) is 21.7 Å². The number of methoxy groups -OCH3 is 1. The summed E-state index contributed by atoms with van der Waals surface area (Å²) in [5.74, 6) is 4.88. The van der Waals surface area contributed by atoms with Gasteiger partial charge in [0.1, 0.15) is 11.5 Å². The lowest BCUT2D eigenvalue weighted by Gasteiger charge is -2.37. The zero-order valence-corrected chi connectivity index (χ0v) is 22.6. The summed E-state index contributed by atoms with van der Waals surface area (Å²) in [5, 5.41) is 26.2. The molecule has 14 heteroatoms. The molecule has 0 radical (unpaired) electrons. The zero-order chi connectivity index (χ0) is 29.5. The average molecular weight is 561 g/mol. The topological polar surface area (TPSA) is 195 Å². The van der Waals surface area contributed by atoms with E-state index in [1.54, 1.807) is 6.07 Å². The summed E-state index contributed by atoms with van der Waals surface area (Å²) in [7, 11) is 1.42. The van der Waals surface area contributed by atoms with Crippen LogP contribution in [0.2, 0.25) is 0 Å². The molecule has 0 aliphatic carbocycles. The van der Waals surface area contributed by atoms with E-state index in [-0.39, 0.29) is 41.9 Å². The normalized spacial score (nSPS) is 15.2. The maximum absolute atomic E-state index is 13.5. The Bertz CT molecular complexity index is 1580. The van der Waals surface area contributed by atoms with Crippen molar-refractivity contribution in [3.05, 3.63) is 82.8 Å². The number of aromatic nitrogens is 3. The number of aliphatic hydroxyl groups excluding tert-OH is 1. The van der Waals surface area contributed by atoms with Crippen molar-refractivity contribution >= 4 is 41.5 Å². The van der Waals surface area contributed by atoms with Gasteiger partial charge in [-0.15, -0.1) is 5.10 Å². The van der Waals surface area contributed by atoms with Crippen LogP contribution in [0, 0.1) is 0 Å². The number of nitrogens with zero attached hydrogens (tertiary/aromatic N) is 6. The van der Waals surface area contributed by atoms with Crippen molar-refractivity contribution in [1.29, 1.82) is 0 Å². The minimum atomic E-state index is -0.746. The van der Waals surface area contributed by atoms with Crippen LogP contribution in [0.15, 0.2) is 65.5 Å². The number of anilines is 1. The number of carbonyl (C=O) groups excluding carboxylic acids is 2. The highest BCUT2D eigenvalue weighted by molar-refractivity contribution is 6.42. The van der Waals surface area contributed by atoms with Gasteiger partial charge >= 0.3 is 0 Å². The summed E-state index contributed by atoms with van der Waals surface area (Å²) in [6, 6.07) is 10.9. The van der Waals surface area contributed by atoms with E-state index in [9.17, 15) is 14.7 Å². The van der Waals surface area contributed by atoms with E-state index < -0.39 is 11.7 Å². The minimum absolute atomic E-state index is 0.0698. The Balaban J connectivity index is 1.59. The first kappa shape index (κ1) is 28.6. The Morgan fingerprint density at radius 2 is 1.90 bits per heavy atom. The predicted octanol–water partition coefficient (Wildman–Crippen LogP) is -1.04. The fourth-order valence-corrected chi connectivity index (χ4v) is 4.54. The van der Waals surface area contributed by atoms with Gasteiger partial charge in [0.05, 0.1) is 46.9 Å². The van der Waals surface area contributed by atoms with Crippen LogP contribution >= 0.6 is 0 Å². The second-order valence-corrected chi connectivity index (χ2v) is 8.90. The Kier molecular flexibility index (Phi) is 8.84. The fraction of sp³-hybridized carbons (Fsp3) is 0.222. The number of para-hydroxylation sites is 1. The largest absolute Gasteiger partial charge is 0.496 e. The smallest absolute Gasteiger partial charge is 0.295 e. The van der Waals surface area contributed by atoms with Gasteiger partial charge in [-0.25, -0.2) is 0 Å². The van der Waals surface area contributed by atoms with Crippen molar-refractivity contribution in [2.75, 3.05) is 38.3 Å². The number of hydrogen-bond donors (Lipinski definition) is 5. The standard InChI is InChI=1S/C27H32N10O4/c1-4-21(41-3)22-19(15-31-24(22)23(28)20-14-17(16-38)33-34-20)25(39)26(40)35-10-12-36(13-11-35)27(32-29)37(30-2)18-8-6-5-7-9-18/h4-9,14-15,31,38H,1-2,10-13,16,28-29H2,3H3,(H,33,34)/b22-21+,24-23+,32-27-.